The Morgan fingerprint density at radius 1 is 1.53 bits per heavy atom. The van der Waals surface area contributed by atoms with E-state index in [4.69, 9.17) is 5.73 Å². The van der Waals surface area contributed by atoms with Crippen molar-refractivity contribution >= 4 is 17.7 Å². The van der Waals surface area contributed by atoms with Crippen LogP contribution in [-0.4, -0.2) is 23.5 Å². The standard InChI is InChI=1S/C13H20N2OS/c1-3-17-9-10(2)15-8-11-5-4-6-12(7-11)13(14)16/h4-7,10,15H,3,8-9H2,1-2H3,(H2,14,16). The highest BCUT2D eigenvalue weighted by molar-refractivity contribution is 7.99. The van der Waals surface area contributed by atoms with Crippen molar-refractivity contribution < 1.29 is 4.79 Å². The van der Waals surface area contributed by atoms with Gasteiger partial charge in [0.2, 0.25) is 5.91 Å². The molecule has 0 spiro atoms. The molecule has 0 aromatic heterocycles. The van der Waals surface area contributed by atoms with Gasteiger partial charge in [0.15, 0.2) is 0 Å². The quantitative estimate of drug-likeness (QED) is 0.780. The van der Waals surface area contributed by atoms with Gasteiger partial charge in [-0.2, -0.15) is 11.8 Å². The number of nitrogens with two attached hydrogens (primary N) is 1. The molecule has 0 heterocycles. The average molecular weight is 252 g/mol. The number of nitrogens with one attached hydrogen (secondary N) is 1. The Morgan fingerprint density at radius 3 is 2.94 bits per heavy atom. The second kappa shape index (κ2) is 7.35. The summed E-state index contributed by atoms with van der Waals surface area (Å²) in [6.07, 6.45) is 0. The van der Waals surface area contributed by atoms with Crippen LogP contribution in [-0.2, 0) is 6.54 Å². The van der Waals surface area contributed by atoms with Gasteiger partial charge in [-0.15, -0.1) is 0 Å². The Bertz CT molecular complexity index is 368. The lowest BCUT2D eigenvalue weighted by Gasteiger charge is -2.13. The molecular formula is C13H20N2OS. The Balaban J connectivity index is 2.46. The van der Waals surface area contributed by atoms with Crippen LogP contribution < -0.4 is 11.1 Å². The fourth-order valence-corrected chi connectivity index (χ4v) is 2.19. The molecule has 0 saturated heterocycles. The van der Waals surface area contributed by atoms with Crippen molar-refractivity contribution in [3.8, 4) is 0 Å². The van der Waals surface area contributed by atoms with E-state index in [1.54, 1.807) is 6.07 Å². The summed E-state index contributed by atoms with van der Waals surface area (Å²) < 4.78 is 0. The lowest BCUT2D eigenvalue weighted by molar-refractivity contribution is 0.1000. The van der Waals surface area contributed by atoms with Crippen molar-refractivity contribution in [3.63, 3.8) is 0 Å². The smallest absolute Gasteiger partial charge is 0.248 e. The van der Waals surface area contributed by atoms with Gasteiger partial charge >= 0.3 is 0 Å². The Labute approximate surface area is 107 Å². The van der Waals surface area contributed by atoms with Gasteiger partial charge in [-0.1, -0.05) is 19.1 Å². The fourth-order valence-electron chi connectivity index (χ4n) is 1.48. The fraction of sp³-hybridized carbons (Fsp3) is 0.462. The SMILES string of the molecule is CCSCC(C)NCc1cccc(C(N)=O)c1. The van der Waals surface area contributed by atoms with Crippen LogP contribution in [0.15, 0.2) is 24.3 Å². The summed E-state index contributed by atoms with van der Waals surface area (Å²) >= 11 is 1.92. The highest BCUT2D eigenvalue weighted by Gasteiger charge is 2.03. The van der Waals surface area contributed by atoms with Crippen LogP contribution in [0.5, 0.6) is 0 Å². The molecule has 0 radical (unpaired) electrons. The minimum absolute atomic E-state index is 0.374. The van der Waals surface area contributed by atoms with Crippen molar-refractivity contribution in [2.24, 2.45) is 5.73 Å². The van der Waals surface area contributed by atoms with Crippen LogP contribution in [0.3, 0.4) is 0 Å². The van der Waals surface area contributed by atoms with Gasteiger partial charge in [-0.3, -0.25) is 4.79 Å². The predicted octanol–water partition coefficient (Wildman–Crippen LogP) is 2.02. The Hall–Kier alpha value is -1.00. The predicted molar refractivity (Wildman–Crippen MR) is 74.3 cm³/mol. The molecule has 1 aromatic rings. The van der Waals surface area contributed by atoms with E-state index in [1.165, 1.54) is 0 Å². The first-order valence-corrected chi connectivity index (χ1v) is 6.98. The van der Waals surface area contributed by atoms with Crippen LogP contribution in [0.1, 0.15) is 29.8 Å². The zero-order chi connectivity index (χ0) is 12.7. The lowest BCUT2D eigenvalue weighted by Crippen LogP contribution is -2.27. The van der Waals surface area contributed by atoms with Crippen molar-refractivity contribution in [1.82, 2.24) is 5.32 Å². The maximum atomic E-state index is 11.0. The maximum Gasteiger partial charge on any atom is 0.248 e. The number of thioether (sulfide) groups is 1. The molecule has 1 amide bonds. The molecule has 0 aliphatic heterocycles. The minimum Gasteiger partial charge on any atom is -0.366 e. The third kappa shape index (κ3) is 5.24. The van der Waals surface area contributed by atoms with Crippen molar-refractivity contribution in [3.05, 3.63) is 35.4 Å². The molecule has 3 N–H and O–H groups in total. The molecule has 17 heavy (non-hydrogen) atoms. The van der Waals surface area contributed by atoms with Gasteiger partial charge in [0.05, 0.1) is 0 Å². The third-order valence-electron chi connectivity index (χ3n) is 2.44. The topological polar surface area (TPSA) is 55.1 Å². The molecule has 1 unspecified atom stereocenters. The average Bonchev–Trinajstić information content (AvgIpc) is 2.34. The zero-order valence-corrected chi connectivity index (χ0v) is 11.2. The molecule has 1 atom stereocenters. The first kappa shape index (κ1) is 14.1. The van der Waals surface area contributed by atoms with Gasteiger partial charge in [-0.25, -0.2) is 0 Å². The van der Waals surface area contributed by atoms with Gasteiger partial charge in [0.1, 0.15) is 0 Å². The van der Waals surface area contributed by atoms with E-state index in [-0.39, 0.29) is 5.91 Å². The van der Waals surface area contributed by atoms with E-state index in [9.17, 15) is 4.79 Å². The van der Waals surface area contributed by atoms with Gasteiger partial charge in [0.25, 0.3) is 0 Å². The number of hydrogen-bond donors (Lipinski definition) is 2. The molecule has 4 heteroatoms. The van der Waals surface area contributed by atoms with Crippen LogP contribution in [0, 0.1) is 0 Å². The molecule has 0 fully saturated rings. The van der Waals surface area contributed by atoms with E-state index >= 15 is 0 Å². The Kier molecular flexibility index (Phi) is 6.08. The van der Waals surface area contributed by atoms with E-state index in [0.717, 1.165) is 23.6 Å². The summed E-state index contributed by atoms with van der Waals surface area (Å²) in [5, 5.41) is 3.43. The van der Waals surface area contributed by atoms with E-state index in [1.807, 2.05) is 30.0 Å². The van der Waals surface area contributed by atoms with Gasteiger partial charge < -0.3 is 11.1 Å². The molecule has 0 bridgehead atoms. The number of benzene rings is 1. The third-order valence-corrected chi connectivity index (χ3v) is 3.58. The van der Waals surface area contributed by atoms with E-state index in [0.29, 0.717) is 11.6 Å². The summed E-state index contributed by atoms with van der Waals surface area (Å²) in [6, 6.07) is 7.91. The lowest BCUT2D eigenvalue weighted by atomic mass is 10.1. The number of carbonyl (C=O) groups excluding carboxylic acids is 1. The summed E-state index contributed by atoms with van der Waals surface area (Å²) in [5.41, 5.74) is 6.90. The molecule has 94 valence electrons. The molecule has 1 aromatic carbocycles. The van der Waals surface area contributed by atoms with E-state index in [2.05, 4.69) is 19.2 Å². The van der Waals surface area contributed by atoms with Crippen LogP contribution in [0.4, 0.5) is 0 Å². The highest BCUT2D eigenvalue weighted by atomic mass is 32.2. The normalized spacial score (nSPS) is 12.4. The number of hydrogen-bond acceptors (Lipinski definition) is 3. The van der Waals surface area contributed by atoms with Crippen LogP contribution in [0.25, 0.3) is 0 Å². The largest absolute Gasteiger partial charge is 0.366 e. The second-order valence-corrected chi connectivity index (χ2v) is 5.32. The number of amides is 1. The van der Waals surface area contributed by atoms with Gasteiger partial charge in [-0.05, 0) is 30.4 Å². The minimum atomic E-state index is -0.374. The Morgan fingerprint density at radius 2 is 2.29 bits per heavy atom. The summed E-state index contributed by atoms with van der Waals surface area (Å²) in [5.74, 6) is 1.87. The van der Waals surface area contributed by atoms with Crippen LogP contribution in [0.2, 0.25) is 0 Å². The number of primary amides is 1. The van der Waals surface area contributed by atoms with Crippen molar-refractivity contribution in [2.45, 2.75) is 26.4 Å². The van der Waals surface area contributed by atoms with Crippen molar-refractivity contribution in [1.29, 1.82) is 0 Å². The summed E-state index contributed by atoms with van der Waals surface area (Å²) in [6.45, 7) is 5.10. The second-order valence-electron chi connectivity index (χ2n) is 4.01. The molecular weight excluding hydrogens is 232 g/mol. The summed E-state index contributed by atoms with van der Waals surface area (Å²) in [4.78, 5) is 11.0. The zero-order valence-electron chi connectivity index (χ0n) is 10.4. The first-order chi connectivity index (χ1) is 8.13. The maximum absolute atomic E-state index is 11.0. The highest BCUT2D eigenvalue weighted by Crippen LogP contribution is 2.06. The first-order valence-electron chi connectivity index (χ1n) is 5.83. The number of carbonyl (C=O) groups is 1. The monoisotopic (exact) mass is 252 g/mol. The molecule has 0 aliphatic rings. The molecule has 0 saturated carbocycles. The van der Waals surface area contributed by atoms with Crippen molar-refractivity contribution in [2.75, 3.05) is 11.5 Å². The van der Waals surface area contributed by atoms with E-state index < -0.39 is 0 Å². The summed E-state index contributed by atoms with van der Waals surface area (Å²) in [7, 11) is 0. The molecule has 3 nitrogen and oxygen atoms in total. The van der Waals surface area contributed by atoms with Crippen LogP contribution >= 0.6 is 11.8 Å². The molecule has 0 aliphatic carbocycles. The van der Waals surface area contributed by atoms with Gasteiger partial charge in [0, 0.05) is 23.9 Å². The molecule has 1 rings (SSSR count). The number of rotatable bonds is 7.